The molecule has 6 heteroatoms. The summed E-state index contributed by atoms with van der Waals surface area (Å²) in [4.78, 5) is 0. The van der Waals surface area contributed by atoms with Gasteiger partial charge in [-0.3, -0.25) is 0 Å². The number of rotatable bonds is 4. The highest BCUT2D eigenvalue weighted by Gasteiger charge is 2.15. The van der Waals surface area contributed by atoms with Crippen LogP contribution in [-0.2, 0) is 0 Å². The Bertz CT molecular complexity index is 538. The van der Waals surface area contributed by atoms with Crippen molar-refractivity contribution in [1.82, 2.24) is 15.5 Å². The Hall–Kier alpha value is -0.680. The zero-order valence-corrected chi connectivity index (χ0v) is 12.4. The third kappa shape index (κ3) is 2.83. The SMILES string of the molecule is CCC(NC)c1nnc(-c2cc(Cl)ccc2Cl)s1. The normalized spacial score (nSPS) is 12.7. The lowest BCUT2D eigenvalue weighted by molar-refractivity contribution is 0.568. The van der Waals surface area contributed by atoms with Crippen LogP contribution >= 0.6 is 34.5 Å². The van der Waals surface area contributed by atoms with Crippen LogP contribution in [0, 0.1) is 0 Å². The highest BCUT2D eigenvalue weighted by molar-refractivity contribution is 7.14. The number of halogens is 2. The molecule has 0 saturated heterocycles. The van der Waals surface area contributed by atoms with Crippen LogP contribution in [0.3, 0.4) is 0 Å². The fourth-order valence-electron chi connectivity index (χ4n) is 1.65. The van der Waals surface area contributed by atoms with Gasteiger partial charge >= 0.3 is 0 Å². The van der Waals surface area contributed by atoms with Crippen molar-refractivity contribution < 1.29 is 0 Å². The third-order valence-electron chi connectivity index (χ3n) is 2.65. The van der Waals surface area contributed by atoms with Crippen LogP contribution in [0.5, 0.6) is 0 Å². The van der Waals surface area contributed by atoms with Crippen LogP contribution < -0.4 is 5.32 Å². The Morgan fingerprint density at radius 3 is 2.78 bits per heavy atom. The van der Waals surface area contributed by atoms with Crippen molar-refractivity contribution in [2.24, 2.45) is 0 Å². The summed E-state index contributed by atoms with van der Waals surface area (Å²) in [7, 11) is 1.92. The predicted octanol–water partition coefficient (Wildman–Crippen LogP) is 4.18. The molecule has 18 heavy (non-hydrogen) atoms. The van der Waals surface area contributed by atoms with Crippen molar-refractivity contribution in [1.29, 1.82) is 0 Å². The van der Waals surface area contributed by atoms with Gasteiger partial charge in [0.25, 0.3) is 0 Å². The van der Waals surface area contributed by atoms with E-state index in [-0.39, 0.29) is 6.04 Å². The maximum atomic E-state index is 6.15. The van der Waals surface area contributed by atoms with Gasteiger partial charge in [-0.15, -0.1) is 10.2 Å². The molecule has 1 heterocycles. The summed E-state index contributed by atoms with van der Waals surface area (Å²) >= 11 is 13.7. The first-order valence-corrected chi connectivity index (χ1v) is 7.19. The maximum absolute atomic E-state index is 6.15. The van der Waals surface area contributed by atoms with Gasteiger partial charge in [-0.2, -0.15) is 0 Å². The quantitative estimate of drug-likeness (QED) is 0.920. The van der Waals surface area contributed by atoms with Gasteiger partial charge in [-0.1, -0.05) is 41.5 Å². The Balaban J connectivity index is 2.37. The van der Waals surface area contributed by atoms with Crippen LogP contribution in [0.4, 0.5) is 0 Å². The van der Waals surface area contributed by atoms with Crippen LogP contribution in [0.25, 0.3) is 10.6 Å². The van der Waals surface area contributed by atoms with Gasteiger partial charge < -0.3 is 5.32 Å². The predicted molar refractivity (Wildman–Crippen MR) is 77.5 cm³/mol. The van der Waals surface area contributed by atoms with E-state index in [4.69, 9.17) is 23.2 Å². The molecular formula is C12H13Cl2N3S. The van der Waals surface area contributed by atoms with Gasteiger partial charge in [0.1, 0.15) is 10.0 Å². The second-order valence-electron chi connectivity index (χ2n) is 3.82. The molecule has 96 valence electrons. The van der Waals surface area contributed by atoms with E-state index in [1.165, 1.54) is 11.3 Å². The maximum Gasteiger partial charge on any atom is 0.149 e. The highest BCUT2D eigenvalue weighted by Crippen LogP contribution is 2.34. The molecule has 0 bridgehead atoms. The molecule has 0 amide bonds. The van der Waals surface area contributed by atoms with E-state index in [2.05, 4.69) is 22.4 Å². The molecule has 0 aliphatic carbocycles. The lowest BCUT2D eigenvalue weighted by Crippen LogP contribution is -2.14. The summed E-state index contributed by atoms with van der Waals surface area (Å²) in [6.07, 6.45) is 0.967. The first-order valence-electron chi connectivity index (χ1n) is 5.61. The number of nitrogens with zero attached hydrogens (tertiary/aromatic N) is 2. The molecule has 1 atom stereocenters. The largest absolute Gasteiger partial charge is 0.311 e. The fourth-order valence-corrected chi connectivity index (χ4v) is 3.15. The van der Waals surface area contributed by atoms with Gasteiger partial charge in [0.05, 0.1) is 11.1 Å². The fraction of sp³-hybridized carbons (Fsp3) is 0.333. The third-order valence-corrected chi connectivity index (χ3v) is 4.29. The van der Waals surface area contributed by atoms with Crippen LogP contribution in [0.1, 0.15) is 24.4 Å². The van der Waals surface area contributed by atoms with Gasteiger partial charge in [-0.05, 0) is 31.7 Å². The van der Waals surface area contributed by atoms with Crippen LogP contribution in [-0.4, -0.2) is 17.2 Å². The number of hydrogen-bond acceptors (Lipinski definition) is 4. The molecule has 1 unspecified atom stereocenters. The van der Waals surface area contributed by atoms with E-state index in [0.29, 0.717) is 10.0 Å². The molecule has 1 aromatic heterocycles. The van der Waals surface area contributed by atoms with Crippen molar-refractivity contribution in [3.63, 3.8) is 0 Å². The van der Waals surface area contributed by atoms with Crippen molar-refractivity contribution in [2.75, 3.05) is 7.05 Å². The highest BCUT2D eigenvalue weighted by atomic mass is 35.5. The van der Waals surface area contributed by atoms with Gasteiger partial charge in [0.2, 0.25) is 0 Å². The van der Waals surface area contributed by atoms with Crippen molar-refractivity contribution in [3.8, 4) is 10.6 Å². The number of aromatic nitrogens is 2. The topological polar surface area (TPSA) is 37.8 Å². The second kappa shape index (κ2) is 5.97. The van der Waals surface area contributed by atoms with E-state index >= 15 is 0 Å². The summed E-state index contributed by atoms with van der Waals surface area (Å²) in [5, 5.41) is 14.7. The van der Waals surface area contributed by atoms with Gasteiger partial charge in [-0.25, -0.2) is 0 Å². The van der Waals surface area contributed by atoms with Crippen LogP contribution in [0.2, 0.25) is 10.0 Å². The smallest absolute Gasteiger partial charge is 0.149 e. The van der Waals surface area contributed by atoms with E-state index in [1.807, 2.05) is 13.1 Å². The summed E-state index contributed by atoms with van der Waals surface area (Å²) in [5.74, 6) is 0. The molecule has 2 aromatic rings. The van der Waals surface area contributed by atoms with Gasteiger partial charge in [0.15, 0.2) is 0 Å². The van der Waals surface area contributed by atoms with Crippen molar-refractivity contribution in [3.05, 3.63) is 33.3 Å². The lowest BCUT2D eigenvalue weighted by atomic mass is 10.2. The number of nitrogens with one attached hydrogen (secondary N) is 1. The average Bonchev–Trinajstić information content (AvgIpc) is 2.83. The van der Waals surface area contributed by atoms with E-state index in [9.17, 15) is 0 Å². The molecule has 0 radical (unpaired) electrons. The van der Waals surface area contributed by atoms with E-state index in [1.54, 1.807) is 12.1 Å². The zero-order valence-electron chi connectivity index (χ0n) is 10.1. The molecule has 2 rings (SSSR count). The Labute approximate surface area is 120 Å². The minimum absolute atomic E-state index is 0.231. The second-order valence-corrected chi connectivity index (χ2v) is 5.67. The molecule has 1 aromatic carbocycles. The molecule has 0 fully saturated rings. The number of benzene rings is 1. The Morgan fingerprint density at radius 2 is 2.11 bits per heavy atom. The first-order chi connectivity index (χ1) is 8.65. The number of hydrogen-bond donors (Lipinski definition) is 1. The average molecular weight is 302 g/mol. The molecule has 0 aliphatic rings. The Morgan fingerprint density at radius 1 is 1.33 bits per heavy atom. The molecule has 1 N–H and O–H groups in total. The van der Waals surface area contributed by atoms with Crippen molar-refractivity contribution in [2.45, 2.75) is 19.4 Å². The zero-order chi connectivity index (χ0) is 13.1. The summed E-state index contributed by atoms with van der Waals surface area (Å²) in [5.41, 5.74) is 0.832. The standard InChI is InChI=1S/C12H13Cl2N3S/c1-3-10(15-2)12-17-16-11(18-12)8-6-7(13)4-5-9(8)14/h4-6,10,15H,3H2,1-2H3. The minimum Gasteiger partial charge on any atom is -0.311 e. The summed E-state index contributed by atoms with van der Waals surface area (Å²) < 4.78 is 0. The van der Waals surface area contributed by atoms with Crippen molar-refractivity contribution >= 4 is 34.5 Å². The summed E-state index contributed by atoms with van der Waals surface area (Å²) in [6, 6.07) is 5.58. The molecule has 3 nitrogen and oxygen atoms in total. The Kier molecular flexibility index (Phi) is 4.56. The van der Waals surface area contributed by atoms with Gasteiger partial charge in [0, 0.05) is 10.6 Å². The first kappa shape index (κ1) is 13.7. The lowest BCUT2D eigenvalue weighted by Gasteiger charge is -2.08. The molecular weight excluding hydrogens is 289 g/mol. The van der Waals surface area contributed by atoms with E-state index in [0.717, 1.165) is 22.0 Å². The molecule has 0 spiro atoms. The van der Waals surface area contributed by atoms with E-state index < -0.39 is 0 Å². The molecule has 0 saturated carbocycles. The summed E-state index contributed by atoms with van der Waals surface area (Å²) in [6.45, 7) is 2.11. The minimum atomic E-state index is 0.231. The molecule has 0 aliphatic heterocycles. The monoisotopic (exact) mass is 301 g/mol. The van der Waals surface area contributed by atoms with Crippen LogP contribution in [0.15, 0.2) is 18.2 Å².